The van der Waals surface area contributed by atoms with Gasteiger partial charge in [-0.25, -0.2) is 4.68 Å². The van der Waals surface area contributed by atoms with Crippen LogP contribution in [0.1, 0.15) is 21.7 Å². The molecule has 1 N–H and O–H groups in total. The van der Waals surface area contributed by atoms with E-state index in [2.05, 4.69) is 17.3 Å². The maximum absolute atomic E-state index is 12.5. The van der Waals surface area contributed by atoms with Gasteiger partial charge in [-0.2, -0.15) is 5.10 Å². The van der Waals surface area contributed by atoms with E-state index in [1.165, 1.54) is 5.56 Å². The van der Waals surface area contributed by atoms with E-state index in [1.54, 1.807) is 0 Å². The van der Waals surface area contributed by atoms with E-state index in [1.807, 2.05) is 46.8 Å². The summed E-state index contributed by atoms with van der Waals surface area (Å²) >= 11 is 0. The molecule has 5 heteroatoms. The van der Waals surface area contributed by atoms with Crippen LogP contribution in [0.25, 0.3) is 5.69 Å². The van der Waals surface area contributed by atoms with Crippen molar-refractivity contribution in [3.05, 3.63) is 47.3 Å². The van der Waals surface area contributed by atoms with Gasteiger partial charge >= 0.3 is 0 Å². The van der Waals surface area contributed by atoms with Crippen molar-refractivity contribution in [2.75, 3.05) is 26.2 Å². The largest absolute Gasteiger partial charge is 0.335 e. The smallest absolute Gasteiger partial charge is 0.274 e. The third kappa shape index (κ3) is 2.83. The number of rotatable bonds is 2. The number of aryl methyl sites for hydroxylation is 2. The maximum Gasteiger partial charge on any atom is 0.274 e. The predicted octanol–water partition coefficient (Wildman–Crippen LogP) is 1.53. The van der Waals surface area contributed by atoms with E-state index >= 15 is 0 Å². The highest BCUT2D eigenvalue weighted by Gasteiger charge is 2.21. The van der Waals surface area contributed by atoms with Gasteiger partial charge in [-0.1, -0.05) is 17.7 Å². The Morgan fingerprint density at radius 2 is 1.81 bits per heavy atom. The molecule has 0 unspecified atom stereocenters. The summed E-state index contributed by atoms with van der Waals surface area (Å²) in [5, 5.41) is 7.74. The summed E-state index contributed by atoms with van der Waals surface area (Å²) in [4.78, 5) is 14.3. The molecular weight excluding hydrogens is 264 g/mol. The van der Waals surface area contributed by atoms with Crippen LogP contribution in [0.15, 0.2) is 30.3 Å². The second-order valence-corrected chi connectivity index (χ2v) is 5.46. The highest BCUT2D eigenvalue weighted by Crippen LogP contribution is 2.14. The lowest BCUT2D eigenvalue weighted by molar-refractivity contribution is 0.0729. The molecule has 0 spiro atoms. The molecule has 1 amide bonds. The fraction of sp³-hybridized carbons (Fsp3) is 0.375. The number of benzene rings is 1. The summed E-state index contributed by atoms with van der Waals surface area (Å²) in [6, 6.07) is 10.0. The summed E-state index contributed by atoms with van der Waals surface area (Å²) in [6.45, 7) is 7.22. The average Bonchev–Trinajstić information content (AvgIpc) is 2.90. The zero-order valence-corrected chi connectivity index (χ0v) is 12.5. The summed E-state index contributed by atoms with van der Waals surface area (Å²) in [7, 11) is 0. The van der Waals surface area contributed by atoms with Gasteiger partial charge < -0.3 is 10.2 Å². The fourth-order valence-corrected chi connectivity index (χ4v) is 2.56. The van der Waals surface area contributed by atoms with Gasteiger partial charge in [0.25, 0.3) is 5.91 Å². The minimum absolute atomic E-state index is 0.0189. The topological polar surface area (TPSA) is 50.2 Å². The second kappa shape index (κ2) is 5.69. The number of nitrogens with zero attached hydrogens (tertiary/aromatic N) is 3. The van der Waals surface area contributed by atoms with E-state index in [0.717, 1.165) is 37.6 Å². The Kier molecular flexibility index (Phi) is 3.75. The normalized spacial score (nSPS) is 15.2. The Bertz CT molecular complexity index is 639. The minimum atomic E-state index is 0.0189. The standard InChI is InChI=1S/C16H20N4O/c1-12-3-5-14(6-4-12)20-13(2)11-15(18-20)16(21)19-9-7-17-8-10-19/h3-6,11,17H,7-10H2,1-2H3. The molecule has 0 bridgehead atoms. The molecule has 2 aromatic rings. The molecule has 2 heterocycles. The number of carbonyl (C=O) groups excluding carboxylic acids is 1. The van der Waals surface area contributed by atoms with E-state index in [0.29, 0.717) is 5.69 Å². The lowest BCUT2D eigenvalue weighted by Crippen LogP contribution is -2.46. The Morgan fingerprint density at radius 3 is 2.48 bits per heavy atom. The molecule has 21 heavy (non-hydrogen) atoms. The number of piperazine rings is 1. The van der Waals surface area contributed by atoms with Crippen molar-refractivity contribution in [1.82, 2.24) is 20.0 Å². The number of carbonyl (C=O) groups is 1. The van der Waals surface area contributed by atoms with Crippen molar-refractivity contribution in [3.8, 4) is 5.69 Å². The van der Waals surface area contributed by atoms with E-state index < -0.39 is 0 Å². The summed E-state index contributed by atoms with van der Waals surface area (Å²) < 4.78 is 1.83. The molecule has 5 nitrogen and oxygen atoms in total. The Hall–Kier alpha value is -2.14. The monoisotopic (exact) mass is 284 g/mol. The summed E-state index contributed by atoms with van der Waals surface area (Å²) in [6.07, 6.45) is 0. The van der Waals surface area contributed by atoms with Gasteiger partial charge in [0.05, 0.1) is 5.69 Å². The second-order valence-electron chi connectivity index (χ2n) is 5.46. The SMILES string of the molecule is Cc1ccc(-n2nc(C(=O)N3CCNCC3)cc2C)cc1. The summed E-state index contributed by atoms with van der Waals surface area (Å²) in [5.41, 5.74) is 3.69. The molecule has 1 aromatic heterocycles. The molecule has 0 radical (unpaired) electrons. The zero-order chi connectivity index (χ0) is 14.8. The quantitative estimate of drug-likeness (QED) is 0.910. The van der Waals surface area contributed by atoms with Crippen LogP contribution in [0.5, 0.6) is 0 Å². The molecule has 1 aliphatic rings. The lowest BCUT2D eigenvalue weighted by atomic mass is 10.2. The van der Waals surface area contributed by atoms with Crippen LogP contribution in [0.3, 0.4) is 0 Å². The molecule has 3 rings (SSSR count). The number of amides is 1. The maximum atomic E-state index is 12.5. The van der Waals surface area contributed by atoms with Crippen LogP contribution in [0, 0.1) is 13.8 Å². The first-order valence-corrected chi connectivity index (χ1v) is 7.29. The number of aromatic nitrogens is 2. The third-order valence-electron chi connectivity index (χ3n) is 3.79. The predicted molar refractivity (Wildman–Crippen MR) is 81.8 cm³/mol. The highest BCUT2D eigenvalue weighted by molar-refractivity contribution is 5.92. The molecule has 0 atom stereocenters. The third-order valence-corrected chi connectivity index (χ3v) is 3.79. The first-order valence-electron chi connectivity index (χ1n) is 7.29. The molecule has 1 fully saturated rings. The van der Waals surface area contributed by atoms with Crippen molar-refractivity contribution in [3.63, 3.8) is 0 Å². The van der Waals surface area contributed by atoms with Crippen molar-refractivity contribution in [1.29, 1.82) is 0 Å². The van der Waals surface area contributed by atoms with Gasteiger partial charge in [-0.15, -0.1) is 0 Å². The molecular formula is C16H20N4O. The van der Waals surface area contributed by atoms with Crippen LogP contribution in [-0.4, -0.2) is 46.8 Å². The average molecular weight is 284 g/mol. The molecule has 1 aromatic carbocycles. The van der Waals surface area contributed by atoms with Gasteiger partial charge in [-0.05, 0) is 32.0 Å². The van der Waals surface area contributed by atoms with Crippen LogP contribution >= 0.6 is 0 Å². The van der Waals surface area contributed by atoms with Gasteiger partial charge in [0, 0.05) is 31.9 Å². The van der Waals surface area contributed by atoms with Crippen LogP contribution in [-0.2, 0) is 0 Å². The molecule has 0 aliphatic carbocycles. The fourth-order valence-electron chi connectivity index (χ4n) is 2.56. The van der Waals surface area contributed by atoms with Crippen molar-refractivity contribution in [2.24, 2.45) is 0 Å². The Labute approximate surface area is 124 Å². The van der Waals surface area contributed by atoms with E-state index in [9.17, 15) is 4.79 Å². The van der Waals surface area contributed by atoms with Gasteiger partial charge in [0.1, 0.15) is 0 Å². The molecule has 1 aliphatic heterocycles. The van der Waals surface area contributed by atoms with Crippen molar-refractivity contribution >= 4 is 5.91 Å². The van der Waals surface area contributed by atoms with Crippen molar-refractivity contribution < 1.29 is 4.79 Å². The molecule has 110 valence electrons. The molecule has 0 saturated carbocycles. The van der Waals surface area contributed by atoms with Gasteiger partial charge in [0.15, 0.2) is 5.69 Å². The van der Waals surface area contributed by atoms with Crippen molar-refractivity contribution in [2.45, 2.75) is 13.8 Å². The first-order chi connectivity index (χ1) is 10.1. The number of hydrogen-bond donors (Lipinski definition) is 1. The van der Waals surface area contributed by atoms with Crippen LogP contribution in [0.2, 0.25) is 0 Å². The highest BCUT2D eigenvalue weighted by atomic mass is 16.2. The van der Waals surface area contributed by atoms with Gasteiger partial charge in [-0.3, -0.25) is 4.79 Å². The first kappa shape index (κ1) is 13.8. The van der Waals surface area contributed by atoms with Crippen LogP contribution in [0.4, 0.5) is 0 Å². The van der Waals surface area contributed by atoms with Gasteiger partial charge in [0.2, 0.25) is 0 Å². The van der Waals surface area contributed by atoms with Crippen LogP contribution < -0.4 is 5.32 Å². The van der Waals surface area contributed by atoms with E-state index in [-0.39, 0.29) is 5.91 Å². The summed E-state index contributed by atoms with van der Waals surface area (Å²) in [5.74, 6) is 0.0189. The number of nitrogens with one attached hydrogen (secondary N) is 1. The Morgan fingerprint density at radius 1 is 1.14 bits per heavy atom. The van der Waals surface area contributed by atoms with E-state index in [4.69, 9.17) is 0 Å². The minimum Gasteiger partial charge on any atom is -0.335 e. The Balaban J connectivity index is 1.86. The zero-order valence-electron chi connectivity index (χ0n) is 12.5. The lowest BCUT2D eigenvalue weighted by Gasteiger charge is -2.26. The molecule has 1 saturated heterocycles. The number of hydrogen-bond acceptors (Lipinski definition) is 3.